The molecule has 0 unspecified atom stereocenters. The fraction of sp³-hybridized carbons (Fsp3) is 0.487. The third-order valence-electron chi connectivity index (χ3n) is 8.60. The molecule has 1 heterocycles. The Morgan fingerprint density at radius 3 is 2.39 bits per heavy atom. The van der Waals surface area contributed by atoms with Crippen LogP contribution >= 0.6 is 11.8 Å². The third kappa shape index (κ3) is 14.2. The van der Waals surface area contributed by atoms with Crippen molar-refractivity contribution >= 4 is 43.7 Å². The van der Waals surface area contributed by atoms with E-state index in [1.54, 1.807) is 17.2 Å². The summed E-state index contributed by atoms with van der Waals surface area (Å²) in [6.07, 6.45) is 1.63. The predicted molar refractivity (Wildman–Crippen MR) is 212 cm³/mol. The number of benzene rings is 2. The number of thioether (sulfide) groups is 1. The topological polar surface area (TPSA) is 156 Å². The minimum absolute atomic E-state index is 0.00997. The maximum absolute atomic E-state index is 15.2. The van der Waals surface area contributed by atoms with E-state index in [2.05, 4.69) is 30.3 Å². The number of amides is 3. The van der Waals surface area contributed by atoms with Crippen LogP contribution in [0.4, 0.5) is 13.6 Å². The maximum Gasteiger partial charge on any atom is 0.407 e. The van der Waals surface area contributed by atoms with Crippen molar-refractivity contribution in [2.75, 3.05) is 37.7 Å². The van der Waals surface area contributed by atoms with Gasteiger partial charge in [-0.15, -0.1) is 0 Å². The van der Waals surface area contributed by atoms with Crippen LogP contribution in [0, 0.1) is 17.0 Å². The first-order valence-electron chi connectivity index (χ1n) is 18.1. The van der Waals surface area contributed by atoms with Gasteiger partial charge >= 0.3 is 12.1 Å². The molecule has 11 nitrogen and oxygen atoms in total. The van der Waals surface area contributed by atoms with Gasteiger partial charge in [-0.1, -0.05) is 70.7 Å². The van der Waals surface area contributed by atoms with E-state index < -0.39 is 55.2 Å². The van der Waals surface area contributed by atoms with Crippen LogP contribution in [-0.2, 0) is 25.7 Å². The Hall–Kier alpha value is -4.21. The molecule has 1 aromatic heterocycles. The van der Waals surface area contributed by atoms with Gasteiger partial charge in [0.05, 0.1) is 18.4 Å². The molecule has 2 aromatic carbocycles. The standard InChI is InChI=1S/C39H55F2N5O6SSi/c1-39(2,3)36(33-21-28(30-22-29(40)13-14-31(30)41)25-45(33)24-27-11-8-7-9-12-27)46(17-10-16-43-38(51)52-18-20-54(4,5)6)35(48)26-53-19-15-34(47)44-32(23-42)37(49)50/h7-9,11-14,21-22,25,32,36H,10,15-20,23-24,26,42H2,1-6H3,(H,43,51)(H,44,47)(H,49,50)/t32-,36+/m1/s1. The molecule has 0 fully saturated rings. The summed E-state index contributed by atoms with van der Waals surface area (Å²) in [4.78, 5) is 52.1. The number of ether oxygens (including phenoxy) is 1. The van der Waals surface area contributed by atoms with Crippen molar-refractivity contribution in [1.82, 2.24) is 20.1 Å². The summed E-state index contributed by atoms with van der Waals surface area (Å²) in [5.74, 6) is -2.84. The molecule has 15 heteroatoms. The number of aliphatic carboxylic acids is 1. The van der Waals surface area contributed by atoms with Gasteiger partial charge in [0.25, 0.3) is 0 Å². The molecule has 0 radical (unpaired) electrons. The molecule has 0 spiro atoms. The summed E-state index contributed by atoms with van der Waals surface area (Å²) in [5, 5.41) is 14.4. The molecule has 3 amide bonds. The van der Waals surface area contributed by atoms with Gasteiger partial charge in [0, 0.05) is 69.4 Å². The third-order valence-corrected chi connectivity index (χ3v) is 11.2. The first-order chi connectivity index (χ1) is 25.4. The lowest BCUT2D eigenvalue weighted by atomic mass is 9.83. The zero-order chi connectivity index (χ0) is 40.1. The second kappa shape index (κ2) is 20.5. The summed E-state index contributed by atoms with van der Waals surface area (Å²) in [7, 11) is -1.39. The lowest BCUT2D eigenvalue weighted by molar-refractivity contribution is -0.141. The molecule has 3 aromatic rings. The van der Waals surface area contributed by atoms with E-state index in [0.717, 1.165) is 29.8 Å². The number of rotatable bonds is 20. The first kappa shape index (κ1) is 44.2. The highest BCUT2D eigenvalue weighted by atomic mass is 32.2. The molecule has 0 saturated carbocycles. The average Bonchev–Trinajstić information content (AvgIpc) is 3.49. The summed E-state index contributed by atoms with van der Waals surface area (Å²) in [6, 6.07) is 13.9. The van der Waals surface area contributed by atoms with E-state index in [9.17, 15) is 28.7 Å². The number of aromatic nitrogens is 1. The number of alkyl carbamates (subject to hydrolysis) is 1. The number of carbonyl (C=O) groups is 4. The molecule has 0 bridgehead atoms. The minimum atomic E-state index is -1.39. The van der Waals surface area contributed by atoms with Crippen molar-refractivity contribution in [2.24, 2.45) is 11.1 Å². The van der Waals surface area contributed by atoms with Crippen LogP contribution in [0.15, 0.2) is 60.8 Å². The van der Waals surface area contributed by atoms with Crippen molar-refractivity contribution in [1.29, 1.82) is 0 Å². The highest BCUT2D eigenvalue weighted by Crippen LogP contribution is 2.41. The number of nitrogens with one attached hydrogen (secondary N) is 2. The molecule has 0 aliphatic rings. The normalized spacial score (nSPS) is 12.8. The van der Waals surface area contributed by atoms with Gasteiger partial charge in [-0.05, 0) is 47.7 Å². The average molecular weight is 788 g/mol. The van der Waals surface area contributed by atoms with Gasteiger partial charge in [0.1, 0.15) is 17.7 Å². The Bertz CT molecular complexity index is 1710. The fourth-order valence-corrected chi connectivity index (χ4v) is 7.37. The Labute approximate surface area is 322 Å². The van der Waals surface area contributed by atoms with Crippen LogP contribution in [0.5, 0.6) is 0 Å². The van der Waals surface area contributed by atoms with E-state index in [-0.39, 0.29) is 49.0 Å². The highest BCUT2D eigenvalue weighted by molar-refractivity contribution is 7.99. The van der Waals surface area contributed by atoms with Gasteiger partial charge in [-0.25, -0.2) is 18.4 Å². The zero-order valence-corrected chi connectivity index (χ0v) is 33.9. The van der Waals surface area contributed by atoms with Crippen LogP contribution in [0.1, 0.15) is 50.9 Å². The molecule has 0 aliphatic carbocycles. The van der Waals surface area contributed by atoms with E-state index >= 15 is 4.39 Å². The molecular weight excluding hydrogens is 733 g/mol. The van der Waals surface area contributed by atoms with Crippen molar-refractivity contribution in [3.63, 3.8) is 0 Å². The SMILES string of the molecule is CC(C)(C)[C@H](c1cc(-c2cc(F)ccc2F)cn1Cc1ccccc1)N(CCCNC(=O)OCC[Si](C)(C)C)C(=O)CSCCC(=O)N[C@H](CN)C(=O)O. The minimum Gasteiger partial charge on any atom is -0.480 e. The van der Waals surface area contributed by atoms with Crippen LogP contribution in [0.3, 0.4) is 0 Å². The van der Waals surface area contributed by atoms with E-state index in [0.29, 0.717) is 30.8 Å². The van der Waals surface area contributed by atoms with Crippen LogP contribution in [-0.4, -0.2) is 90.3 Å². The number of nitrogens with zero attached hydrogens (tertiary/aromatic N) is 2. The Morgan fingerprint density at radius 2 is 1.76 bits per heavy atom. The van der Waals surface area contributed by atoms with Crippen molar-refractivity contribution in [3.05, 3.63) is 83.7 Å². The largest absolute Gasteiger partial charge is 0.480 e. The quantitative estimate of drug-likeness (QED) is 0.0747. The number of hydrogen-bond donors (Lipinski definition) is 4. The van der Waals surface area contributed by atoms with E-state index in [1.165, 1.54) is 11.8 Å². The molecular formula is C39H55F2N5O6SSi. The van der Waals surface area contributed by atoms with Gasteiger partial charge in [0.15, 0.2) is 0 Å². The Morgan fingerprint density at radius 1 is 1.06 bits per heavy atom. The van der Waals surface area contributed by atoms with Gasteiger partial charge in [-0.2, -0.15) is 11.8 Å². The number of carboxylic acid groups (broad SMARTS) is 1. The molecule has 5 N–H and O–H groups in total. The van der Waals surface area contributed by atoms with Crippen molar-refractivity contribution in [3.8, 4) is 11.1 Å². The second-order valence-electron chi connectivity index (χ2n) is 15.5. The highest BCUT2D eigenvalue weighted by Gasteiger charge is 2.37. The number of carbonyl (C=O) groups excluding carboxylic acids is 3. The van der Waals surface area contributed by atoms with Gasteiger partial charge in [0.2, 0.25) is 11.8 Å². The molecule has 0 aliphatic heterocycles. The number of carboxylic acids is 1. The molecule has 54 heavy (non-hydrogen) atoms. The number of hydrogen-bond acceptors (Lipinski definition) is 7. The molecule has 296 valence electrons. The smallest absolute Gasteiger partial charge is 0.407 e. The van der Waals surface area contributed by atoms with Gasteiger partial charge < -0.3 is 35.7 Å². The first-order valence-corrected chi connectivity index (χ1v) is 22.9. The van der Waals surface area contributed by atoms with Crippen molar-refractivity contribution in [2.45, 2.75) is 77.9 Å². The number of halogens is 2. The molecule has 0 saturated heterocycles. The van der Waals surface area contributed by atoms with E-state index in [4.69, 9.17) is 10.5 Å². The summed E-state index contributed by atoms with van der Waals surface area (Å²) in [5.41, 5.74) is 7.12. The number of nitrogens with two attached hydrogens (primary N) is 1. The summed E-state index contributed by atoms with van der Waals surface area (Å²) in [6.45, 7) is 13.6. The summed E-state index contributed by atoms with van der Waals surface area (Å²) < 4.78 is 36.9. The van der Waals surface area contributed by atoms with E-state index in [1.807, 2.05) is 55.7 Å². The molecule has 3 rings (SSSR count). The van der Waals surface area contributed by atoms with Crippen molar-refractivity contribution < 1.29 is 37.8 Å². The molecule has 2 atom stereocenters. The lowest BCUT2D eigenvalue weighted by Crippen LogP contribution is -2.46. The zero-order valence-electron chi connectivity index (χ0n) is 32.1. The second-order valence-corrected chi connectivity index (χ2v) is 22.2. The Kier molecular flexibility index (Phi) is 16.7. The van der Waals surface area contributed by atoms with Crippen LogP contribution in [0.2, 0.25) is 25.7 Å². The maximum atomic E-state index is 15.2. The fourth-order valence-electron chi connectivity index (χ4n) is 5.85. The Balaban J connectivity index is 1.93. The predicted octanol–water partition coefficient (Wildman–Crippen LogP) is 6.50. The van der Waals surface area contributed by atoms with Gasteiger partial charge in [-0.3, -0.25) is 9.59 Å². The van der Waals surface area contributed by atoms with Crippen LogP contribution < -0.4 is 16.4 Å². The monoisotopic (exact) mass is 787 g/mol. The van der Waals surface area contributed by atoms with Crippen LogP contribution in [0.25, 0.3) is 11.1 Å². The summed E-state index contributed by atoms with van der Waals surface area (Å²) >= 11 is 1.24. The lowest BCUT2D eigenvalue weighted by Gasteiger charge is -2.41.